The minimum absolute atomic E-state index is 0.0908. The number of nitro groups is 1. The smallest absolute Gasteiger partial charge is 0.311 e. The monoisotopic (exact) mass is 380 g/mol. The zero-order valence-electron chi connectivity index (χ0n) is 15.8. The van der Waals surface area contributed by atoms with Crippen LogP contribution >= 0.6 is 0 Å². The molecule has 146 valence electrons. The SMILES string of the molecule is CCc1ccc(-c2cn(CCCNc3ccc([N+](=O)[O-])c(N)n3)cc2N)cc1. The van der Waals surface area contributed by atoms with Gasteiger partial charge < -0.3 is 21.4 Å². The molecule has 0 aliphatic carbocycles. The van der Waals surface area contributed by atoms with Gasteiger partial charge in [-0.25, -0.2) is 4.98 Å². The van der Waals surface area contributed by atoms with E-state index in [2.05, 4.69) is 52.3 Å². The summed E-state index contributed by atoms with van der Waals surface area (Å²) in [5, 5.41) is 13.9. The van der Waals surface area contributed by atoms with Crippen LogP contribution in [0.2, 0.25) is 0 Å². The molecule has 0 spiro atoms. The second kappa shape index (κ2) is 8.43. The summed E-state index contributed by atoms with van der Waals surface area (Å²) in [6.07, 6.45) is 5.84. The minimum Gasteiger partial charge on any atom is -0.397 e. The Hall–Kier alpha value is -3.55. The van der Waals surface area contributed by atoms with Gasteiger partial charge in [0.15, 0.2) is 0 Å². The van der Waals surface area contributed by atoms with Crippen LogP contribution in [0.15, 0.2) is 48.8 Å². The van der Waals surface area contributed by atoms with Crippen molar-refractivity contribution in [2.75, 3.05) is 23.3 Å². The lowest BCUT2D eigenvalue weighted by Gasteiger charge is -2.07. The molecular weight excluding hydrogens is 356 g/mol. The van der Waals surface area contributed by atoms with Gasteiger partial charge in [-0.2, -0.15) is 0 Å². The van der Waals surface area contributed by atoms with Crippen LogP contribution in [0.4, 0.5) is 23.0 Å². The number of benzene rings is 1. The third kappa shape index (κ3) is 4.40. The molecule has 28 heavy (non-hydrogen) atoms. The van der Waals surface area contributed by atoms with E-state index in [1.807, 2.05) is 6.20 Å². The highest BCUT2D eigenvalue weighted by atomic mass is 16.6. The number of aromatic nitrogens is 2. The fraction of sp³-hybridized carbons (Fsp3) is 0.250. The number of nitrogen functional groups attached to an aromatic ring is 2. The minimum atomic E-state index is -0.546. The van der Waals surface area contributed by atoms with E-state index >= 15 is 0 Å². The lowest BCUT2D eigenvalue weighted by Crippen LogP contribution is -2.08. The Morgan fingerprint density at radius 1 is 1.14 bits per heavy atom. The van der Waals surface area contributed by atoms with Gasteiger partial charge in [0.25, 0.3) is 0 Å². The van der Waals surface area contributed by atoms with Gasteiger partial charge in [-0.3, -0.25) is 10.1 Å². The number of pyridine rings is 1. The van der Waals surface area contributed by atoms with Gasteiger partial charge >= 0.3 is 5.69 Å². The molecule has 0 amide bonds. The number of hydrogen-bond acceptors (Lipinski definition) is 6. The Bertz CT molecular complexity index is 965. The maximum Gasteiger partial charge on any atom is 0.311 e. The van der Waals surface area contributed by atoms with Gasteiger partial charge in [-0.1, -0.05) is 31.2 Å². The largest absolute Gasteiger partial charge is 0.397 e. The predicted octanol–water partition coefficient (Wildman–Crippen LogP) is 3.69. The lowest BCUT2D eigenvalue weighted by molar-refractivity contribution is -0.384. The normalized spacial score (nSPS) is 10.8. The van der Waals surface area contributed by atoms with Gasteiger partial charge in [-0.05, 0) is 30.0 Å². The average molecular weight is 380 g/mol. The maximum absolute atomic E-state index is 10.8. The van der Waals surface area contributed by atoms with Gasteiger partial charge in [0.2, 0.25) is 5.82 Å². The molecular formula is C20H24N6O2. The third-order valence-corrected chi connectivity index (χ3v) is 4.58. The molecule has 0 aliphatic rings. The van der Waals surface area contributed by atoms with Crippen LogP contribution in [0.25, 0.3) is 11.1 Å². The van der Waals surface area contributed by atoms with Crippen molar-refractivity contribution >= 4 is 23.0 Å². The highest BCUT2D eigenvalue weighted by molar-refractivity contribution is 5.76. The fourth-order valence-corrected chi connectivity index (χ4v) is 3.01. The molecule has 0 radical (unpaired) electrons. The van der Waals surface area contributed by atoms with E-state index in [1.54, 1.807) is 6.07 Å². The molecule has 8 nitrogen and oxygen atoms in total. The predicted molar refractivity (Wildman–Crippen MR) is 112 cm³/mol. The van der Waals surface area contributed by atoms with Gasteiger partial charge in [0.05, 0.1) is 10.6 Å². The molecule has 5 N–H and O–H groups in total. The molecule has 3 aromatic rings. The summed E-state index contributed by atoms with van der Waals surface area (Å²) in [7, 11) is 0. The zero-order chi connectivity index (χ0) is 20.1. The van der Waals surface area contributed by atoms with Gasteiger partial charge in [0, 0.05) is 37.1 Å². The molecule has 0 fully saturated rings. The second-order valence-electron chi connectivity index (χ2n) is 6.55. The summed E-state index contributed by atoms with van der Waals surface area (Å²) in [5.41, 5.74) is 15.8. The number of nitrogens with zero attached hydrogens (tertiary/aromatic N) is 3. The summed E-state index contributed by atoms with van der Waals surface area (Å²) in [4.78, 5) is 14.2. The summed E-state index contributed by atoms with van der Waals surface area (Å²) >= 11 is 0. The Labute approximate surface area is 163 Å². The first-order valence-electron chi connectivity index (χ1n) is 9.17. The van der Waals surface area contributed by atoms with Crippen LogP contribution < -0.4 is 16.8 Å². The lowest BCUT2D eigenvalue weighted by atomic mass is 10.0. The first kappa shape index (κ1) is 19.2. The van der Waals surface area contributed by atoms with Crippen LogP contribution in [-0.2, 0) is 13.0 Å². The van der Waals surface area contributed by atoms with Gasteiger partial charge in [0.1, 0.15) is 5.82 Å². The molecule has 0 bridgehead atoms. The fourth-order valence-electron chi connectivity index (χ4n) is 3.01. The Morgan fingerprint density at radius 2 is 1.89 bits per heavy atom. The number of aryl methyl sites for hydroxylation is 2. The van der Waals surface area contributed by atoms with Crippen molar-refractivity contribution in [3.63, 3.8) is 0 Å². The van der Waals surface area contributed by atoms with Crippen molar-refractivity contribution in [2.45, 2.75) is 26.3 Å². The number of nitrogens with two attached hydrogens (primary N) is 2. The summed E-state index contributed by atoms with van der Waals surface area (Å²) < 4.78 is 2.07. The topological polar surface area (TPSA) is 125 Å². The molecule has 0 saturated heterocycles. The summed E-state index contributed by atoms with van der Waals surface area (Å²) in [6.45, 7) is 3.57. The number of rotatable bonds is 8. The van der Waals surface area contributed by atoms with E-state index < -0.39 is 4.92 Å². The summed E-state index contributed by atoms with van der Waals surface area (Å²) in [5.74, 6) is 0.429. The van der Waals surface area contributed by atoms with Crippen molar-refractivity contribution < 1.29 is 4.92 Å². The van der Waals surface area contributed by atoms with Crippen molar-refractivity contribution in [3.05, 3.63) is 64.5 Å². The first-order chi connectivity index (χ1) is 13.5. The first-order valence-corrected chi connectivity index (χ1v) is 9.17. The molecule has 0 atom stereocenters. The molecule has 0 saturated carbocycles. The molecule has 3 rings (SSSR count). The maximum atomic E-state index is 10.8. The van der Waals surface area contributed by atoms with Crippen LogP contribution in [-0.4, -0.2) is 21.0 Å². The molecule has 2 heterocycles. The highest BCUT2D eigenvalue weighted by Gasteiger charge is 2.12. The Kier molecular flexibility index (Phi) is 5.78. The van der Waals surface area contributed by atoms with E-state index in [9.17, 15) is 10.1 Å². The molecule has 0 unspecified atom stereocenters. The third-order valence-electron chi connectivity index (χ3n) is 4.58. The van der Waals surface area contributed by atoms with Crippen LogP contribution in [0.1, 0.15) is 18.9 Å². The molecule has 2 aromatic heterocycles. The van der Waals surface area contributed by atoms with Crippen molar-refractivity contribution in [2.24, 2.45) is 0 Å². The summed E-state index contributed by atoms with van der Waals surface area (Å²) in [6, 6.07) is 11.4. The van der Waals surface area contributed by atoms with Crippen molar-refractivity contribution in [1.29, 1.82) is 0 Å². The Balaban J connectivity index is 1.55. The van der Waals surface area contributed by atoms with E-state index in [-0.39, 0.29) is 11.5 Å². The second-order valence-corrected chi connectivity index (χ2v) is 6.55. The van der Waals surface area contributed by atoms with Crippen LogP contribution in [0, 0.1) is 10.1 Å². The number of anilines is 3. The number of nitrogens with one attached hydrogen (secondary N) is 1. The van der Waals surface area contributed by atoms with Crippen molar-refractivity contribution in [3.8, 4) is 11.1 Å². The van der Waals surface area contributed by atoms with Crippen LogP contribution in [0.5, 0.6) is 0 Å². The van der Waals surface area contributed by atoms with E-state index in [0.717, 1.165) is 36.2 Å². The van der Waals surface area contributed by atoms with Crippen LogP contribution in [0.3, 0.4) is 0 Å². The molecule has 0 aliphatic heterocycles. The van der Waals surface area contributed by atoms with Crippen molar-refractivity contribution in [1.82, 2.24) is 9.55 Å². The molecule has 8 heteroatoms. The van der Waals surface area contributed by atoms with Gasteiger partial charge in [-0.15, -0.1) is 0 Å². The zero-order valence-corrected chi connectivity index (χ0v) is 15.8. The highest BCUT2D eigenvalue weighted by Crippen LogP contribution is 2.27. The van der Waals surface area contributed by atoms with E-state index in [0.29, 0.717) is 12.4 Å². The quantitative estimate of drug-likeness (QED) is 0.311. The van der Waals surface area contributed by atoms with E-state index in [4.69, 9.17) is 11.5 Å². The molecule has 1 aromatic carbocycles. The average Bonchev–Trinajstić information content (AvgIpc) is 3.05. The van der Waals surface area contributed by atoms with E-state index in [1.165, 1.54) is 11.6 Å². The standard InChI is InChI=1S/C20H24N6O2/c1-2-14-4-6-15(7-5-14)16-12-25(13-17(16)21)11-3-10-23-19-9-8-18(26(27)28)20(22)24-19/h4-9,12-13H,2-3,10-11,21H2,1H3,(H3,22,23,24). The number of hydrogen-bond donors (Lipinski definition) is 3. The Morgan fingerprint density at radius 3 is 2.54 bits per heavy atom.